The molecule has 0 bridgehead atoms. The van der Waals surface area contributed by atoms with E-state index in [9.17, 15) is 0 Å². The second kappa shape index (κ2) is 6.39. The second-order valence-electron chi connectivity index (χ2n) is 5.97. The van der Waals surface area contributed by atoms with Crippen molar-refractivity contribution in [3.05, 3.63) is 12.4 Å². The van der Waals surface area contributed by atoms with Gasteiger partial charge in [-0.15, -0.1) is 0 Å². The summed E-state index contributed by atoms with van der Waals surface area (Å²) in [6.07, 6.45) is 6.90. The summed E-state index contributed by atoms with van der Waals surface area (Å²) in [4.78, 5) is 11.1. The normalized spacial score (nSPS) is 26.8. The first-order valence-electron chi connectivity index (χ1n) is 7.74. The lowest BCUT2D eigenvalue weighted by Crippen LogP contribution is -2.34. The molecule has 0 aliphatic carbocycles. The summed E-state index contributed by atoms with van der Waals surface area (Å²) < 4.78 is 5.62. The average molecular weight is 276 g/mol. The van der Waals surface area contributed by atoms with Crippen LogP contribution in [-0.4, -0.2) is 42.3 Å². The van der Waals surface area contributed by atoms with Crippen LogP contribution < -0.4 is 10.2 Å². The molecule has 20 heavy (non-hydrogen) atoms. The number of piperidine rings is 1. The third-order valence-corrected chi connectivity index (χ3v) is 4.17. The van der Waals surface area contributed by atoms with Gasteiger partial charge in [0.15, 0.2) is 0 Å². The molecular formula is C15H24N4O. The SMILES string of the molecule is CC1CCCN(c2cc(NCC3CCCO3)ncn2)C1. The van der Waals surface area contributed by atoms with Crippen LogP contribution in [0.25, 0.3) is 0 Å². The first-order valence-corrected chi connectivity index (χ1v) is 7.74. The highest BCUT2D eigenvalue weighted by Gasteiger charge is 2.18. The van der Waals surface area contributed by atoms with Gasteiger partial charge in [0.1, 0.15) is 18.0 Å². The maximum Gasteiger partial charge on any atom is 0.134 e. The number of aromatic nitrogens is 2. The van der Waals surface area contributed by atoms with Crippen molar-refractivity contribution >= 4 is 11.6 Å². The minimum Gasteiger partial charge on any atom is -0.376 e. The maximum atomic E-state index is 5.62. The van der Waals surface area contributed by atoms with Gasteiger partial charge in [0.25, 0.3) is 0 Å². The lowest BCUT2D eigenvalue weighted by Gasteiger charge is -2.31. The van der Waals surface area contributed by atoms with Crippen molar-refractivity contribution in [2.75, 3.05) is 36.5 Å². The van der Waals surface area contributed by atoms with Crippen LogP contribution in [0.1, 0.15) is 32.6 Å². The van der Waals surface area contributed by atoms with Crippen molar-refractivity contribution < 1.29 is 4.74 Å². The number of nitrogens with zero attached hydrogens (tertiary/aromatic N) is 3. The summed E-state index contributed by atoms with van der Waals surface area (Å²) in [5, 5.41) is 3.37. The molecule has 3 rings (SSSR count). The largest absolute Gasteiger partial charge is 0.376 e. The van der Waals surface area contributed by atoms with Gasteiger partial charge in [-0.1, -0.05) is 6.92 Å². The first-order chi connectivity index (χ1) is 9.81. The Balaban J connectivity index is 1.59. The number of hydrogen-bond acceptors (Lipinski definition) is 5. The van der Waals surface area contributed by atoms with Gasteiger partial charge in [-0.05, 0) is 31.6 Å². The fraction of sp³-hybridized carbons (Fsp3) is 0.733. The second-order valence-corrected chi connectivity index (χ2v) is 5.97. The van der Waals surface area contributed by atoms with Crippen LogP contribution in [0, 0.1) is 5.92 Å². The Morgan fingerprint density at radius 2 is 2.30 bits per heavy atom. The third-order valence-electron chi connectivity index (χ3n) is 4.17. The highest BCUT2D eigenvalue weighted by atomic mass is 16.5. The number of rotatable bonds is 4. The number of nitrogens with one attached hydrogen (secondary N) is 1. The van der Waals surface area contributed by atoms with Crippen LogP contribution in [0.3, 0.4) is 0 Å². The Hall–Kier alpha value is -1.36. The van der Waals surface area contributed by atoms with Crippen LogP contribution in [0.5, 0.6) is 0 Å². The predicted molar refractivity (Wildman–Crippen MR) is 80.1 cm³/mol. The molecule has 2 unspecified atom stereocenters. The molecule has 0 amide bonds. The molecule has 3 heterocycles. The molecule has 1 aromatic rings. The van der Waals surface area contributed by atoms with E-state index >= 15 is 0 Å². The van der Waals surface area contributed by atoms with Crippen molar-refractivity contribution in [1.82, 2.24) is 9.97 Å². The van der Waals surface area contributed by atoms with Crippen LogP contribution in [0.2, 0.25) is 0 Å². The van der Waals surface area contributed by atoms with E-state index in [1.807, 2.05) is 0 Å². The van der Waals surface area contributed by atoms with E-state index in [0.29, 0.717) is 6.10 Å². The Labute approximate surface area is 120 Å². The lowest BCUT2D eigenvalue weighted by molar-refractivity contribution is 0.120. The van der Waals surface area contributed by atoms with Crippen molar-refractivity contribution in [3.8, 4) is 0 Å². The summed E-state index contributed by atoms with van der Waals surface area (Å²) in [7, 11) is 0. The van der Waals surface area contributed by atoms with Gasteiger partial charge in [-0.25, -0.2) is 9.97 Å². The highest BCUT2D eigenvalue weighted by Crippen LogP contribution is 2.22. The number of hydrogen-bond donors (Lipinski definition) is 1. The zero-order valence-electron chi connectivity index (χ0n) is 12.2. The highest BCUT2D eigenvalue weighted by molar-refractivity contribution is 5.48. The molecule has 5 nitrogen and oxygen atoms in total. The zero-order chi connectivity index (χ0) is 13.8. The van der Waals surface area contributed by atoms with Gasteiger partial charge in [0.2, 0.25) is 0 Å². The summed E-state index contributed by atoms with van der Waals surface area (Å²) in [6.45, 7) is 6.25. The average Bonchev–Trinajstić information content (AvgIpc) is 2.99. The molecule has 5 heteroatoms. The Morgan fingerprint density at radius 1 is 1.35 bits per heavy atom. The number of anilines is 2. The van der Waals surface area contributed by atoms with Crippen molar-refractivity contribution in [1.29, 1.82) is 0 Å². The molecule has 2 aliphatic rings. The predicted octanol–water partition coefficient (Wildman–Crippen LogP) is 2.30. The first kappa shape index (κ1) is 13.6. The fourth-order valence-electron chi connectivity index (χ4n) is 3.04. The summed E-state index contributed by atoms with van der Waals surface area (Å²) in [5.41, 5.74) is 0. The quantitative estimate of drug-likeness (QED) is 0.914. The van der Waals surface area contributed by atoms with E-state index in [1.165, 1.54) is 19.3 Å². The van der Waals surface area contributed by atoms with E-state index in [0.717, 1.165) is 50.2 Å². The van der Waals surface area contributed by atoms with Crippen LogP contribution >= 0.6 is 0 Å². The summed E-state index contributed by atoms with van der Waals surface area (Å²) in [5.74, 6) is 2.70. The minimum atomic E-state index is 0.337. The smallest absolute Gasteiger partial charge is 0.134 e. The van der Waals surface area contributed by atoms with Crippen LogP contribution in [0.15, 0.2) is 12.4 Å². The van der Waals surface area contributed by atoms with Crippen molar-refractivity contribution in [3.63, 3.8) is 0 Å². The molecule has 0 radical (unpaired) electrons. The minimum absolute atomic E-state index is 0.337. The molecule has 2 aliphatic heterocycles. The van der Waals surface area contributed by atoms with Gasteiger partial charge in [0.05, 0.1) is 6.10 Å². The van der Waals surface area contributed by atoms with Gasteiger partial charge in [0, 0.05) is 32.3 Å². The zero-order valence-corrected chi connectivity index (χ0v) is 12.2. The molecule has 1 N–H and O–H groups in total. The van der Waals surface area contributed by atoms with Gasteiger partial charge >= 0.3 is 0 Å². The van der Waals surface area contributed by atoms with Crippen LogP contribution in [-0.2, 0) is 4.74 Å². The van der Waals surface area contributed by atoms with Crippen LogP contribution in [0.4, 0.5) is 11.6 Å². The molecule has 2 atom stereocenters. The molecule has 2 saturated heterocycles. The molecule has 0 saturated carbocycles. The molecule has 0 aromatic carbocycles. The van der Waals surface area contributed by atoms with E-state index in [2.05, 4.69) is 33.2 Å². The standard InChI is InChI=1S/C15H24N4O/c1-12-4-2-6-19(10-12)15-8-14(17-11-18-15)16-9-13-5-3-7-20-13/h8,11-13H,2-7,9-10H2,1H3,(H,16,17,18). The Bertz CT molecular complexity index is 434. The topological polar surface area (TPSA) is 50.3 Å². The fourth-order valence-corrected chi connectivity index (χ4v) is 3.04. The van der Waals surface area contributed by atoms with E-state index in [1.54, 1.807) is 6.33 Å². The Morgan fingerprint density at radius 3 is 3.10 bits per heavy atom. The lowest BCUT2D eigenvalue weighted by atomic mass is 10.0. The number of ether oxygens (including phenoxy) is 1. The van der Waals surface area contributed by atoms with E-state index in [4.69, 9.17) is 4.74 Å². The summed E-state index contributed by atoms with van der Waals surface area (Å²) >= 11 is 0. The monoisotopic (exact) mass is 276 g/mol. The maximum absolute atomic E-state index is 5.62. The van der Waals surface area contributed by atoms with Crippen molar-refractivity contribution in [2.24, 2.45) is 5.92 Å². The third kappa shape index (κ3) is 3.39. The van der Waals surface area contributed by atoms with E-state index < -0.39 is 0 Å². The molecular weight excluding hydrogens is 252 g/mol. The van der Waals surface area contributed by atoms with E-state index in [-0.39, 0.29) is 0 Å². The Kier molecular flexibility index (Phi) is 4.35. The van der Waals surface area contributed by atoms with Crippen molar-refractivity contribution in [2.45, 2.75) is 38.7 Å². The molecule has 1 aromatic heterocycles. The van der Waals surface area contributed by atoms with Gasteiger partial charge in [-0.2, -0.15) is 0 Å². The molecule has 0 spiro atoms. The molecule has 110 valence electrons. The van der Waals surface area contributed by atoms with Gasteiger partial charge < -0.3 is 15.0 Å². The van der Waals surface area contributed by atoms with Gasteiger partial charge in [-0.3, -0.25) is 0 Å². The summed E-state index contributed by atoms with van der Waals surface area (Å²) in [6, 6.07) is 2.06. The molecule has 2 fully saturated rings.